The Bertz CT molecular complexity index is 972. The summed E-state index contributed by atoms with van der Waals surface area (Å²) in [4.78, 5) is 19.2. The zero-order valence-electron chi connectivity index (χ0n) is 16.0. The number of ether oxygens (including phenoxy) is 2. The van der Waals surface area contributed by atoms with E-state index in [1.807, 2.05) is 65.7 Å². The number of hydrogen-bond acceptors (Lipinski definition) is 5. The fourth-order valence-electron chi connectivity index (χ4n) is 3.22. The number of halogens is 1. The number of aryl methyl sites for hydroxylation is 1. The number of morpholine rings is 1. The summed E-state index contributed by atoms with van der Waals surface area (Å²) in [6, 6.07) is 15.3. The summed E-state index contributed by atoms with van der Waals surface area (Å²) in [5, 5.41) is 3.02. The number of benzene rings is 2. The minimum Gasteiger partial charge on any atom is -0.487 e. The van der Waals surface area contributed by atoms with Gasteiger partial charge in [0.1, 0.15) is 18.5 Å². The quantitative estimate of drug-likeness (QED) is 0.523. The lowest BCUT2D eigenvalue weighted by Gasteiger charge is -2.33. The average Bonchev–Trinajstić information content (AvgIpc) is 3.18. The molecule has 2 heterocycles. The third-order valence-electron chi connectivity index (χ3n) is 4.75. The summed E-state index contributed by atoms with van der Waals surface area (Å²) >= 11 is 5.05. The molecule has 0 saturated carbocycles. The van der Waals surface area contributed by atoms with Crippen LogP contribution in [0.3, 0.4) is 0 Å². The van der Waals surface area contributed by atoms with Gasteiger partial charge in [0.05, 0.1) is 23.9 Å². The highest BCUT2D eigenvalue weighted by Crippen LogP contribution is 2.25. The number of thiazole rings is 1. The predicted molar refractivity (Wildman–Crippen MR) is 116 cm³/mol. The SMILES string of the molecule is Cc1nc(COc2ccc(C(=O)N3CCOC(c4ccc(Br)cc4)C3)cc2)cs1. The van der Waals surface area contributed by atoms with Crippen LogP contribution in [0.2, 0.25) is 0 Å². The van der Waals surface area contributed by atoms with Crippen molar-refractivity contribution in [3.8, 4) is 5.75 Å². The van der Waals surface area contributed by atoms with Crippen LogP contribution in [0.4, 0.5) is 0 Å². The van der Waals surface area contributed by atoms with Crippen molar-refractivity contribution in [3.05, 3.63) is 80.2 Å². The Hall–Kier alpha value is -2.22. The number of rotatable bonds is 5. The van der Waals surface area contributed by atoms with Gasteiger partial charge in [0.2, 0.25) is 0 Å². The maximum Gasteiger partial charge on any atom is 0.254 e. The van der Waals surface area contributed by atoms with Gasteiger partial charge in [-0.15, -0.1) is 11.3 Å². The molecule has 1 unspecified atom stereocenters. The second-order valence-corrected chi connectivity index (χ2v) is 8.81. The smallest absolute Gasteiger partial charge is 0.254 e. The molecule has 0 bridgehead atoms. The van der Waals surface area contributed by atoms with Gasteiger partial charge in [-0.05, 0) is 48.9 Å². The van der Waals surface area contributed by atoms with Crippen molar-refractivity contribution in [2.24, 2.45) is 0 Å². The van der Waals surface area contributed by atoms with Crippen molar-refractivity contribution in [1.82, 2.24) is 9.88 Å². The van der Waals surface area contributed by atoms with Crippen molar-refractivity contribution in [1.29, 1.82) is 0 Å². The predicted octanol–water partition coefficient (Wildman–Crippen LogP) is 5.01. The molecular weight excluding hydrogens is 452 g/mol. The minimum absolute atomic E-state index is 0.0112. The van der Waals surface area contributed by atoms with Crippen LogP contribution in [-0.2, 0) is 11.3 Å². The lowest BCUT2D eigenvalue weighted by Crippen LogP contribution is -2.42. The van der Waals surface area contributed by atoms with Gasteiger partial charge in [-0.1, -0.05) is 28.1 Å². The molecule has 7 heteroatoms. The first kappa shape index (κ1) is 20.1. The Labute approximate surface area is 182 Å². The van der Waals surface area contributed by atoms with Crippen molar-refractivity contribution in [2.75, 3.05) is 19.7 Å². The number of carbonyl (C=O) groups excluding carboxylic acids is 1. The van der Waals surface area contributed by atoms with Gasteiger partial charge in [-0.25, -0.2) is 4.98 Å². The van der Waals surface area contributed by atoms with Crippen molar-refractivity contribution in [2.45, 2.75) is 19.6 Å². The molecule has 2 aromatic carbocycles. The Morgan fingerprint density at radius 2 is 2.00 bits per heavy atom. The van der Waals surface area contributed by atoms with Crippen LogP contribution in [0.15, 0.2) is 58.4 Å². The molecule has 0 N–H and O–H groups in total. The van der Waals surface area contributed by atoms with E-state index < -0.39 is 0 Å². The second kappa shape index (κ2) is 9.07. The third-order valence-corrected chi connectivity index (χ3v) is 6.10. The van der Waals surface area contributed by atoms with Gasteiger partial charge < -0.3 is 14.4 Å². The van der Waals surface area contributed by atoms with Gasteiger partial charge in [0, 0.05) is 22.0 Å². The molecule has 1 saturated heterocycles. The fraction of sp³-hybridized carbons (Fsp3) is 0.273. The van der Waals surface area contributed by atoms with Gasteiger partial charge in [0.25, 0.3) is 5.91 Å². The fourth-order valence-corrected chi connectivity index (χ4v) is 4.08. The van der Waals surface area contributed by atoms with Crippen molar-refractivity contribution >= 4 is 33.2 Å². The molecule has 150 valence electrons. The van der Waals surface area contributed by atoms with Gasteiger partial charge in [-0.2, -0.15) is 0 Å². The molecule has 1 aliphatic rings. The molecule has 4 rings (SSSR count). The average molecular weight is 473 g/mol. The molecule has 0 radical (unpaired) electrons. The zero-order chi connectivity index (χ0) is 20.2. The van der Waals surface area contributed by atoms with Gasteiger partial charge in [0.15, 0.2) is 0 Å². The van der Waals surface area contributed by atoms with Crippen molar-refractivity contribution in [3.63, 3.8) is 0 Å². The first-order chi connectivity index (χ1) is 14.1. The second-order valence-electron chi connectivity index (χ2n) is 6.83. The number of nitrogens with zero attached hydrogens (tertiary/aromatic N) is 2. The lowest BCUT2D eigenvalue weighted by atomic mass is 10.1. The van der Waals surface area contributed by atoms with Crippen LogP contribution >= 0.6 is 27.3 Å². The Kier molecular flexibility index (Phi) is 6.28. The van der Waals surface area contributed by atoms with Crippen LogP contribution < -0.4 is 4.74 Å². The third kappa shape index (κ3) is 5.04. The summed E-state index contributed by atoms with van der Waals surface area (Å²) in [6.45, 7) is 4.06. The maximum absolute atomic E-state index is 12.9. The first-order valence-corrected chi connectivity index (χ1v) is 11.1. The minimum atomic E-state index is -0.107. The summed E-state index contributed by atoms with van der Waals surface area (Å²) in [5.74, 6) is 0.735. The first-order valence-electron chi connectivity index (χ1n) is 9.39. The maximum atomic E-state index is 12.9. The molecule has 3 aromatic rings. The van der Waals surface area contributed by atoms with Gasteiger partial charge in [-0.3, -0.25) is 4.79 Å². The number of hydrogen-bond donors (Lipinski definition) is 0. The molecule has 1 amide bonds. The Morgan fingerprint density at radius 1 is 1.24 bits per heavy atom. The molecule has 1 aromatic heterocycles. The van der Waals surface area contributed by atoms with Crippen LogP contribution in [-0.4, -0.2) is 35.5 Å². The summed E-state index contributed by atoms with van der Waals surface area (Å²) in [5.41, 5.74) is 2.64. The molecule has 5 nitrogen and oxygen atoms in total. The highest BCUT2D eigenvalue weighted by Gasteiger charge is 2.26. The van der Waals surface area contributed by atoms with E-state index in [4.69, 9.17) is 9.47 Å². The van der Waals surface area contributed by atoms with Crippen LogP contribution in [0, 0.1) is 6.92 Å². The molecule has 1 fully saturated rings. The van der Waals surface area contributed by atoms with Crippen LogP contribution in [0.5, 0.6) is 5.75 Å². The summed E-state index contributed by atoms with van der Waals surface area (Å²) in [7, 11) is 0. The number of carbonyl (C=O) groups is 1. The number of aromatic nitrogens is 1. The van der Waals surface area contributed by atoms with E-state index in [0.717, 1.165) is 26.5 Å². The molecule has 1 aliphatic heterocycles. The lowest BCUT2D eigenvalue weighted by molar-refractivity contribution is -0.0228. The Balaban J connectivity index is 1.37. The van der Waals surface area contributed by atoms with E-state index >= 15 is 0 Å². The zero-order valence-corrected chi connectivity index (χ0v) is 18.4. The van der Waals surface area contributed by atoms with E-state index in [1.54, 1.807) is 11.3 Å². The molecule has 0 spiro atoms. The van der Waals surface area contributed by atoms with Gasteiger partial charge >= 0.3 is 0 Å². The highest BCUT2D eigenvalue weighted by atomic mass is 79.9. The largest absolute Gasteiger partial charge is 0.487 e. The summed E-state index contributed by atoms with van der Waals surface area (Å²) in [6.07, 6.45) is -0.107. The van der Waals surface area contributed by atoms with E-state index in [9.17, 15) is 4.79 Å². The topological polar surface area (TPSA) is 51.7 Å². The molecule has 1 atom stereocenters. The van der Waals surface area contributed by atoms with Crippen molar-refractivity contribution < 1.29 is 14.3 Å². The Morgan fingerprint density at radius 3 is 2.69 bits per heavy atom. The van der Waals surface area contributed by atoms with E-state index in [-0.39, 0.29) is 12.0 Å². The highest BCUT2D eigenvalue weighted by molar-refractivity contribution is 9.10. The normalized spacial score (nSPS) is 16.6. The van der Waals surface area contributed by atoms with Crippen LogP contribution in [0.25, 0.3) is 0 Å². The monoisotopic (exact) mass is 472 g/mol. The molecular formula is C22H21BrN2O3S. The molecule has 0 aliphatic carbocycles. The van der Waals surface area contributed by atoms with Crippen LogP contribution in [0.1, 0.15) is 32.7 Å². The number of amides is 1. The standard InChI is InChI=1S/C22H21BrN2O3S/c1-15-24-19(14-29-15)13-28-20-8-4-17(5-9-20)22(26)25-10-11-27-21(12-25)16-2-6-18(23)7-3-16/h2-9,14,21H,10-13H2,1H3. The van der Waals surface area contributed by atoms with E-state index in [2.05, 4.69) is 20.9 Å². The van der Waals surface area contributed by atoms with E-state index in [0.29, 0.717) is 31.9 Å². The molecule has 29 heavy (non-hydrogen) atoms. The van der Waals surface area contributed by atoms with E-state index in [1.165, 1.54) is 0 Å². The summed E-state index contributed by atoms with van der Waals surface area (Å²) < 4.78 is 12.7.